The Hall–Kier alpha value is -0.870. The maximum absolute atomic E-state index is 11.8. The quantitative estimate of drug-likeness (QED) is 0.843. The monoisotopic (exact) mass is 252 g/mol. The van der Waals surface area contributed by atoms with Crippen molar-refractivity contribution in [2.75, 3.05) is 0 Å². The SMILES string of the molecule is CC(Cc1cccs1)NC(=O)CC1(N)CCC1. The van der Waals surface area contributed by atoms with Gasteiger partial charge in [-0.2, -0.15) is 0 Å². The maximum atomic E-state index is 11.8. The number of thiophene rings is 1. The van der Waals surface area contributed by atoms with E-state index in [-0.39, 0.29) is 17.5 Å². The Labute approximate surface area is 106 Å². The maximum Gasteiger partial charge on any atom is 0.222 e. The van der Waals surface area contributed by atoms with Crippen LogP contribution < -0.4 is 11.1 Å². The van der Waals surface area contributed by atoms with Gasteiger partial charge in [0.05, 0.1) is 0 Å². The molecule has 94 valence electrons. The molecule has 1 aromatic rings. The van der Waals surface area contributed by atoms with Crippen molar-refractivity contribution in [2.24, 2.45) is 5.73 Å². The lowest BCUT2D eigenvalue weighted by Gasteiger charge is -2.37. The van der Waals surface area contributed by atoms with E-state index in [2.05, 4.69) is 16.8 Å². The highest BCUT2D eigenvalue weighted by Crippen LogP contribution is 2.31. The second-order valence-electron chi connectivity index (χ2n) is 5.14. The van der Waals surface area contributed by atoms with Crippen LogP contribution in [0.5, 0.6) is 0 Å². The van der Waals surface area contributed by atoms with E-state index in [1.165, 1.54) is 4.88 Å². The molecule has 0 spiro atoms. The number of carbonyl (C=O) groups excluding carboxylic acids is 1. The van der Waals surface area contributed by atoms with Crippen molar-refractivity contribution in [3.63, 3.8) is 0 Å². The largest absolute Gasteiger partial charge is 0.353 e. The summed E-state index contributed by atoms with van der Waals surface area (Å²) in [4.78, 5) is 13.1. The zero-order valence-corrected chi connectivity index (χ0v) is 11.1. The van der Waals surface area contributed by atoms with Gasteiger partial charge >= 0.3 is 0 Å². The zero-order chi connectivity index (χ0) is 12.3. The van der Waals surface area contributed by atoms with E-state index < -0.39 is 0 Å². The zero-order valence-electron chi connectivity index (χ0n) is 10.2. The number of hydrogen-bond donors (Lipinski definition) is 2. The topological polar surface area (TPSA) is 55.1 Å². The standard InChI is InChI=1S/C13H20N2OS/c1-10(8-11-4-2-7-17-11)15-12(16)9-13(14)5-3-6-13/h2,4,7,10H,3,5-6,8-9,14H2,1H3,(H,15,16). The highest BCUT2D eigenvalue weighted by molar-refractivity contribution is 7.09. The van der Waals surface area contributed by atoms with Gasteiger partial charge < -0.3 is 11.1 Å². The molecule has 0 saturated heterocycles. The van der Waals surface area contributed by atoms with Crippen molar-refractivity contribution in [3.05, 3.63) is 22.4 Å². The van der Waals surface area contributed by atoms with Gasteiger partial charge in [-0.05, 0) is 37.6 Å². The van der Waals surface area contributed by atoms with Crippen LogP contribution in [0, 0.1) is 0 Å². The minimum Gasteiger partial charge on any atom is -0.353 e. The summed E-state index contributed by atoms with van der Waals surface area (Å²) in [5.74, 6) is 0.0938. The molecule has 1 aromatic heterocycles. The van der Waals surface area contributed by atoms with Crippen LogP contribution in [0.1, 0.15) is 37.5 Å². The molecule has 1 saturated carbocycles. The van der Waals surface area contributed by atoms with Crippen molar-refractivity contribution in [1.29, 1.82) is 0 Å². The number of rotatable bonds is 5. The van der Waals surface area contributed by atoms with Crippen LogP contribution in [0.3, 0.4) is 0 Å². The third-order valence-electron chi connectivity index (χ3n) is 3.36. The molecule has 1 unspecified atom stereocenters. The van der Waals surface area contributed by atoms with Gasteiger partial charge in [0.2, 0.25) is 5.91 Å². The van der Waals surface area contributed by atoms with Crippen LogP contribution in [0.2, 0.25) is 0 Å². The first-order valence-electron chi connectivity index (χ1n) is 6.18. The molecule has 1 heterocycles. The molecule has 0 radical (unpaired) electrons. The van der Waals surface area contributed by atoms with Crippen LogP contribution in [-0.4, -0.2) is 17.5 Å². The van der Waals surface area contributed by atoms with Crippen LogP contribution in [0.15, 0.2) is 17.5 Å². The van der Waals surface area contributed by atoms with Gasteiger partial charge in [0.25, 0.3) is 0 Å². The first-order valence-corrected chi connectivity index (χ1v) is 7.06. The van der Waals surface area contributed by atoms with Gasteiger partial charge in [-0.25, -0.2) is 0 Å². The minimum absolute atomic E-state index is 0.0938. The first-order chi connectivity index (χ1) is 8.07. The summed E-state index contributed by atoms with van der Waals surface area (Å²) >= 11 is 1.73. The van der Waals surface area contributed by atoms with Crippen LogP contribution >= 0.6 is 11.3 Å². The van der Waals surface area contributed by atoms with E-state index >= 15 is 0 Å². The molecule has 1 atom stereocenters. The van der Waals surface area contributed by atoms with E-state index in [9.17, 15) is 4.79 Å². The van der Waals surface area contributed by atoms with Crippen molar-refractivity contribution in [1.82, 2.24) is 5.32 Å². The molecule has 1 fully saturated rings. The third-order valence-corrected chi connectivity index (χ3v) is 4.26. The second-order valence-corrected chi connectivity index (χ2v) is 6.18. The molecule has 4 heteroatoms. The molecular weight excluding hydrogens is 232 g/mol. The average molecular weight is 252 g/mol. The molecule has 0 bridgehead atoms. The predicted octanol–water partition coefficient (Wildman–Crippen LogP) is 2.07. The highest BCUT2D eigenvalue weighted by atomic mass is 32.1. The van der Waals surface area contributed by atoms with E-state index in [4.69, 9.17) is 5.73 Å². The Balaban J connectivity index is 1.74. The number of amides is 1. The molecule has 3 nitrogen and oxygen atoms in total. The van der Waals surface area contributed by atoms with Crippen molar-refractivity contribution < 1.29 is 4.79 Å². The number of hydrogen-bond acceptors (Lipinski definition) is 3. The normalized spacial score (nSPS) is 19.4. The van der Waals surface area contributed by atoms with Gasteiger partial charge in [-0.3, -0.25) is 4.79 Å². The van der Waals surface area contributed by atoms with Crippen molar-refractivity contribution >= 4 is 17.2 Å². The number of carbonyl (C=O) groups is 1. The van der Waals surface area contributed by atoms with Crippen LogP contribution in [0.4, 0.5) is 0 Å². The van der Waals surface area contributed by atoms with Crippen molar-refractivity contribution in [2.45, 2.75) is 50.6 Å². The molecule has 0 aliphatic heterocycles. The molecule has 3 N–H and O–H groups in total. The fraction of sp³-hybridized carbons (Fsp3) is 0.615. The molecular formula is C13H20N2OS. The van der Waals surface area contributed by atoms with Crippen LogP contribution in [-0.2, 0) is 11.2 Å². The average Bonchev–Trinajstić information content (AvgIpc) is 2.67. The van der Waals surface area contributed by atoms with Crippen molar-refractivity contribution in [3.8, 4) is 0 Å². The highest BCUT2D eigenvalue weighted by Gasteiger charge is 2.34. The molecule has 1 aliphatic carbocycles. The lowest BCUT2D eigenvalue weighted by Crippen LogP contribution is -2.50. The lowest BCUT2D eigenvalue weighted by molar-refractivity contribution is -0.123. The van der Waals surface area contributed by atoms with Gasteiger partial charge in [-0.15, -0.1) is 11.3 Å². The molecule has 17 heavy (non-hydrogen) atoms. The van der Waals surface area contributed by atoms with E-state index in [0.29, 0.717) is 6.42 Å². The molecule has 1 aliphatic rings. The van der Waals surface area contributed by atoms with E-state index in [1.54, 1.807) is 11.3 Å². The first kappa shape index (κ1) is 12.6. The summed E-state index contributed by atoms with van der Waals surface area (Å²) in [6, 6.07) is 4.33. The predicted molar refractivity (Wildman–Crippen MR) is 71.0 cm³/mol. The number of nitrogens with one attached hydrogen (secondary N) is 1. The summed E-state index contributed by atoms with van der Waals surface area (Å²) in [7, 11) is 0. The summed E-state index contributed by atoms with van der Waals surface area (Å²) in [6.45, 7) is 2.04. The Kier molecular flexibility index (Phi) is 3.84. The molecule has 1 amide bonds. The molecule has 2 rings (SSSR count). The summed E-state index contributed by atoms with van der Waals surface area (Å²) in [5.41, 5.74) is 5.84. The Morgan fingerprint density at radius 2 is 2.41 bits per heavy atom. The summed E-state index contributed by atoms with van der Waals surface area (Å²) in [5, 5.41) is 5.09. The van der Waals surface area contributed by atoms with E-state index in [0.717, 1.165) is 25.7 Å². The Morgan fingerprint density at radius 3 is 2.94 bits per heavy atom. The van der Waals surface area contributed by atoms with Gasteiger partial charge in [-0.1, -0.05) is 6.07 Å². The lowest BCUT2D eigenvalue weighted by atomic mass is 9.75. The Morgan fingerprint density at radius 1 is 1.65 bits per heavy atom. The van der Waals surface area contributed by atoms with Crippen LogP contribution in [0.25, 0.3) is 0 Å². The van der Waals surface area contributed by atoms with Gasteiger partial charge in [0, 0.05) is 29.3 Å². The summed E-state index contributed by atoms with van der Waals surface area (Å²) in [6.07, 6.45) is 4.51. The smallest absolute Gasteiger partial charge is 0.222 e. The minimum atomic E-state index is -0.216. The summed E-state index contributed by atoms with van der Waals surface area (Å²) < 4.78 is 0. The fourth-order valence-electron chi connectivity index (χ4n) is 2.23. The van der Waals surface area contributed by atoms with Gasteiger partial charge in [0.15, 0.2) is 0 Å². The Bertz CT molecular complexity index is 371. The van der Waals surface area contributed by atoms with Gasteiger partial charge in [0.1, 0.15) is 0 Å². The third kappa shape index (κ3) is 3.54. The fourth-order valence-corrected chi connectivity index (χ4v) is 3.07. The molecule has 0 aromatic carbocycles. The van der Waals surface area contributed by atoms with E-state index in [1.807, 2.05) is 13.0 Å². The second kappa shape index (κ2) is 5.19. The number of nitrogens with two attached hydrogens (primary N) is 1.